The van der Waals surface area contributed by atoms with Crippen LogP contribution in [-0.2, 0) is 33.0 Å². The second-order valence-corrected chi connectivity index (χ2v) is 7.16. The average Bonchev–Trinajstić information content (AvgIpc) is 3.47. The zero-order valence-corrected chi connectivity index (χ0v) is 17.0. The highest BCUT2D eigenvalue weighted by Gasteiger charge is 2.25. The summed E-state index contributed by atoms with van der Waals surface area (Å²) < 4.78 is 18.1. The highest BCUT2D eigenvalue weighted by molar-refractivity contribution is 5.94. The quantitative estimate of drug-likeness (QED) is 0.614. The highest BCUT2D eigenvalue weighted by atomic mass is 16.5. The number of carbonyl (C=O) groups excluding carboxylic acids is 1. The maximum Gasteiger partial charge on any atom is 0.254 e. The number of ether oxygens (including phenoxy) is 2. The van der Waals surface area contributed by atoms with Gasteiger partial charge in [-0.15, -0.1) is 0 Å². The van der Waals surface area contributed by atoms with E-state index < -0.39 is 0 Å². The van der Waals surface area contributed by atoms with Crippen molar-refractivity contribution in [3.05, 3.63) is 64.9 Å². The molecule has 1 aliphatic rings. The van der Waals surface area contributed by atoms with E-state index in [1.165, 1.54) is 11.3 Å². The van der Waals surface area contributed by atoms with E-state index in [1.54, 1.807) is 43.6 Å². The average molecular weight is 395 g/mol. The van der Waals surface area contributed by atoms with E-state index in [4.69, 9.17) is 13.9 Å². The van der Waals surface area contributed by atoms with E-state index in [0.717, 1.165) is 30.7 Å². The molecule has 1 aliphatic carbocycles. The van der Waals surface area contributed by atoms with Gasteiger partial charge in [0.2, 0.25) is 0 Å². The number of rotatable bonds is 7. The van der Waals surface area contributed by atoms with Crippen LogP contribution < -0.4 is 9.47 Å². The summed E-state index contributed by atoms with van der Waals surface area (Å²) in [7, 11) is 5.11. The number of hydrogen-bond donors (Lipinski definition) is 0. The third-order valence-corrected chi connectivity index (χ3v) is 5.38. The molecule has 152 valence electrons. The number of amides is 1. The number of benzene rings is 1. The second kappa shape index (κ2) is 8.03. The van der Waals surface area contributed by atoms with E-state index in [2.05, 4.69) is 5.10 Å². The molecule has 0 saturated heterocycles. The number of hydrogen-bond acceptors (Lipinski definition) is 5. The number of furan rings is 1. The molecule has 2 heterocycles. The Kier molecular flexibility index (Phi) is 5.29. The molecule has 7 nitrogen and oxygen atoms in total. The zero-order valence-electron chi connectivity index (χ0n) is 17.0. The van der Waals surface area contributed by atoms with Crippen LogP contribution in [0.3, 0.4) is 0 Å². The lowest BCUT2D eigenvalue weighted by Crippen LogP contribution is -2.30. The van der Waals surface area contributed by atoms with E-state index >= 15 is 0 Å². The first-order chi connectivity index (χ1) is 14.1. The van der Waals surface area contributed by atoms with Gasteiger partial charge < -0.3 is 18.8 Å². The molecule has 0 fully saturated rings. The topological polar surface area (TPSA) is 69.7 Å². The van der Waals surface area contributed by atoms with Gasteiger partial charge in [-0.1, -0.05) is 0 Å². The normalized spacial score (nSPS) is 12.7. The molecule has 3 aromatic rings. The van der Waals surface area contributed by atoms with Crippen LogP contribution >= 0.6 is 0 Å². The van der Waals surface area contributed by atoms with Gasteiger partial charge in [0.05, 0.1) is 39.3 Å². The fourth-order valence-corrected chi connectivity index (χ4v) is 3.95. The fraction of sp³-hybridized carbons (Fsp3) is 0.364. The number of methoxy groups -OCH3 is 2. The summed E-state index contributed by atoms with van der Waals surface area (Å²) in [5.41, 5.74) is 4.04. The second-order valence-electron chi connectivity index (χ2n) is 7.16. The van der Waals surface area contributed by atoms with Crippen molar-refractivity contribution in [3.8, 4) is 11.5 Å². The monoisotopic (exact) mass is 395 g/mol. The highest BCUT2D eigenvalue weighted by Crippen LogP contribution is 2.30. The van der Waals surface area contributed by atoms with Crippen LogP contribution in [0, 0.1) is 0 Å². The van der Waals surface area contributed by atoms with Crippen molar-refractivity contribution >= 4 is 5.91 Å². The number of aromatic nitrogens is 2. The number of nitrogens with zero attached hydrogens (tertiary/aromatic N) is 3. The van der Waals surface area contributed by atoms with Crippen LogP contribution in [0.2, 0.25) is 0 Å². The van der Waals surface area contributed by atoms with Crippen LogP contribution in [-0.4, -0.2) is 34.8 Å². The molecule has 1 amide bonds. The molecule has 0 saturated carbocycles. The molecular formula is C22H25N3O4. The Labute approximate surface area is 169 Å². The molecule has 0 aliphatic heterocycles. The summed E-state index contributed by atoms with van der Waals surface area (Å²) in [5, 5.41) is 4.69. The van der Waals surface area contributed by atoms with Crippen LogP contribution in [0.5, 0.6) is 11.5 Å². The Morgan fingerprint density at radius 3 is 2.72 bits per heavy atom. The van der Waals surface area contributed by atoms with Crippen molar-refractivity contribution in [1.82, 2.24) is 14.7 Å². The predicted octanol–water partition coefficient (Wildman–Crippen LogP) is 3.36. The molecule has 29 heavy (non-hydrogen) atoms. The Bertz CT molecular complexity index is 1010. The maximum absolute atomic E-state index is 13.4. The van der Waals surface area contributed by atoms with Crippen molar-refractivity contribution in [3.63, 3.8) is 0 Å². The van der Waals surface area contributed by atoms with Crippen molar-refractivity contribution < 1.29 is 18.7 Å². The van der Waals surface area contributed by atoms with Gasteiger partial charge >= 0.3 is 0 Å². The molecule has 2 aromatic heterocycles. The van der Waals surface area contributed by atoms with Gasteiger partial charge in [-0.3, -0.25) is 9.48 Å². The Hall–Kier alpha value is -3.22. The summed E-state index contributed by atoms with van der Waals surface area (Å²) in [6.07, 6.45) is 4.81. The van der Waals surface area contributed by atoms with Gasteiger partial charge in [-0.2, -0.15) is 5.10 Å². The first kappa shape index (κ1) is 19.1. The lowest BCUT2D eigenvalue weighted by molar-refractivity contribution is 0.0714. The molecule has 4 rings (SSSR count). The minimum Gasteiger partial charge on any atom is -0.493 e. The standard InChI is InChI=1S/C22H25N3O4/c1-24-19-8-4-7-17(19)18(23-24)14-25(13-16-6-5-11-29-16)22(26)15-9-10-20(27-2)21(12-15)28-3/h5-6,9-12H,4,7-8,13-14H2,1-3H3. The Balaban J connectivity index is 1.65. The van der Waals surface area contributed by atoms with Crippen LogP contribution in [0.4, 0.5) is 0 Å². The van der Waals surface area contributed by atoms with Gasteiger partial charge in [0, 0.05) is 18.3 Å². The summed E-state index contributed by atoms with van der Waals surface area (Å²) >= 11 is 0. The molecular weight excluding hydrogens is 370 g/mol. The number of aryl methyl sites for hydroxylation is 1. The van der Waals surface area contributed by atoms with Crippen LogP contribution in [0.1, 0.15) is 39.5 Å². The Morgan fingerprint density at radius 2 is 2.00 bits per heavy atom. The summed E-state index contributed by atoms with van der Waals surface area (Å²) in [4.78, 5) is 15.2. The third-order valence-electron chi connectivity index (χ3n) is 5.38. The maximum atomic E-state index is 13.4. The van der Waals surface area contributed by atoms with Crippen LogP contribution in [0.25, 0.3) is 0 Å². The SMILES string of the molecule is COc1ccc(C(=O)N(Cc2ccco2)Cc2nn(C)c3c2CCC3)cc1OC. The summed E-state index contributed by atoms with van der Waals surface area (Å²) in [6, 6.07) is 8.90. The first-order valence-corrected chi connectivity index (χ1v) is 9.68. The lowest BCUT2D eigenvalue weighted by Gasteiger charge is -2.22. The number of carbonyl (C=O) groups is 1. The Morgan fingerprint density at radius 1 is 1.17 bits per heavy atom. The van der Waals surface area contributed by atoms with Crippen LogP contribution in [0.15, 0.2) is 41.0 Å². The molecule has 0 unspecified atom stereocenters. The van der Waals surface area contributed by atoms with Gasteiger partial charge in [0.25, 0.3) is 5.91 Å². The molecule has 0 radical (unpaired) electrons. The molecule has 0 N–H and O–H groups in total. The minimum atomic E-state index is -0.111. The summed E-state index contributed by atoms with van der Waals surface area (Å²) in [5.74, 6) is 1.73. The van der Waals surface area contributed by atoms with Gasteiger partial charge in [-0.25, -0.2) is 0 Å². The molecule has 0 bridgehead atoms. The molecule has 0 spiro atoms. The predicted molar refractivity (Wildman–Crippen MR) is 107 cm³/mol. The van der Waals surface area contributed by atoms with Gasteiger partial charge in [-0.05, 0) is 55.2 Å². The zero-order chi connectivity index (χ0) is 20.4. The van der Waals surface area contributed by atoms with Crippen molar-refractivity contribution in [2.24, 2.45) is 7.05 Å². The smallest absolute Gasteiger partial charge is 0.254 e. The lowest BCUT2D eigenvalue weighted by atomic mass is 10.1. The minimum absolute atomic E-state index is 0.111. The van der Waals surface area contributed by atoms with Gasteiger partial charge in [0.15, 0.2) is 11.5 Å². The van der Waals surface area contributed by atoms with Crippen molar-refractivity contribution in [1.29, 1.82) is 0 Å². The molecule has 7 heteroatoms. The van der Waals surface area contributed by atoms with E-state index in [9.17, 15) is 4.79 Å². The molecule has 0 atom stereocenters. The molecule has 1 aromatic carbocycles. The van der Waals surface area contributed by atoms with Crippen molar-refractivity contribution in [2.45, 2.75) is 32.4 Å². The third kappa shape index (κ3) is 3.72. The van der Waals surface area contributed by atoms with E-state index in [0.29, 0.717) is 30.2 Å². The largest absolute Gasteiger partial charge is 0.493 e. The van der Waals surface area contributed by atoms with E-state index in [1.807, 2.05) is 23.9 Å². The fourth-order valence-electron chi connectivity index (χ4n) is 3.95. The van der Waals surface area contributed by atoms with Gasteiger partial charge in [0.1, 0.15) is 5.76 Å². The number of fused-ring (bicyclic) bond motifs is 1. The summed E-state index contributed by atoms with van der Waals surface area (Å²) in [6.45, 7) is 0.794. The first-order valence-electron chi connectivity index (χ1n) is 9.68. The van der Waals surface area contributed by atoms with E-state index in [-0.39, 0.29) is 5.91 Å². The van der Waals surface area contributed by atoms with Crippen molar-refractivity contribution in [2.75, 3.05) is 14.2 Å².